The van der Waals surface area contributed by atoms with Crippen LogP contribution in [0.1, 0.15) is 88.4 Å². The fourth-order valence-electron chi connectivity index (χ4n) is 4.22. The van der Waals surface area contributed by atoms with Crippen molar-refractivity contribution in [3.63, 3.8) is 0 Å². The van der Waals surface area contributed by atoms with Crippen molar-refractivity contribution < 1.29 is 14.3 Å². The molecule has 33 heavy (non-hydrogen) atoms. The Labute approximate surface area is 199 Å². The third-order valence-corrected chi connectivity index (χ3v) is 6.13. The molecule has 0 amide bonds. The van der Waals surface area contributed by atoms with Crippen LogP contribution in [0, 0.1) is 0 Å². The van der Waals surface area contributed by atoms with Crippen molar-refractivity contribution in [3.8, 4) is 11.5 Å². The van der Waals surface area contributed by atoms with E-state index in [-0.39, 0.29) is 16.8 Å². The molecule has 3 nitrogen and oxygen atoms in total. The molecule has 3 aromatic carbocycles. The zero-order valence-corrected chi connectivity index (χ0v) is 21.5. The van der Waals surface area contributed by atoms with E-state index in [0.717, 1.165) is 52.5 Å². The Hall–Kier alpha value is -2.81. The number of carbonyl (C=O) groups is 1. The van der Waals surface area contributed by atoms with Crippen LogP contribution in [0.5, 0.6) is 11.5 Å². The lowest BCUT2D eigenvalue weighted by atomic mass is 9.79. The molecule has 176 valence electrons. The van der Waals surface area contributed by atoms with Crippen molar-refractivity contribution in [2.75, 3.05) is 7.11 Å². The van der Waals surface area contributed by atoms with Gasteiger partial charge in [-0.3, -0.25) is 0 Å². The molecule has 0 unspecified atom stereocenters. The number of hydrogen-bond acceptors (Lipinski definition) is 3. The molecule has 0 fully saturated rings. The maximum absolute atomic E-state index is 13.9. The summed E-state index contributed by atoms with van der Waals surface area (Å²) in [4.78, 5) is 13.9. The summed E-state index contributed by atoms with van der Waals surface area (Å²) in [5, 5.41) is 1.99. The molecule has 0 saturated heterocycles. The molecule has 0 aliphatic rings. The van der Waals surface area contributed by atoms with E-state index in [1.807, 2.05) is 36.4 Å². The van der Waals surface area contributed by atoms with Gasteiger partial charge in [-0.05, 0) is 52.1 Å². The van der Waals surface area contributed by atoms with Gasteiger partial charge in [-0.25, -0.2) is 4.79 Å². The normalized spacial score (nSPS) is 12.1. The Balaban J connectivity index is 2.22. The van der Waals surface area contributed by atoms with E-state index in [9.17, 15) is 4.79 Å². The molecule has 0 spiro atoms. The van der Waals surface area contributed by atoms with Gasteiger partial charge >= 0.3 is 5.97 Å². The minimum Gasteiger partial charge on any atom is -0.497 e. The molecular formula is C30H38O3. The molecule has 0 bridgehead atoms. The van der Waals surface area contributed by atoms with Gasteiger partial charge in [0, 0.05) is 11.1 Å². The number of aryl methyl sites for hydroxylation is 1. The lowest BCUT2D eigenvalue weighted by Crippen LogP contribution is -2.23. The number of benzene rings is 3. The second-order valence-corrected chi connectivity index (χ2v) is 10.9. The first kappa shape index (κ1) is 24.8. The summed E-state index contributed by atoms with van der Waals surface area (Å²) in [6.07, 6.45) is 2.95. The summed E-state index contributed by atoms with van der Waals surface area (Å²) in [5.74, 6) is 1.13. The number of ether oxygens (including phenoxy) is 2. The van der Waals surface area contributed by atoms with Crippen LogP contribution in [0.3, 0.4) is 0 Å². The standard InChI is InChI=1S/C30H38O3/c1-9-10-13-21-17-16-20-14-11-12-15-23(20)26(21)28(31)33-27-24(29(2,3)4)18-22(32-8)19-25(27)30(5,6)7/h11-12,14-19H,9-10,13H2,1-8H3. The maximum Gasteiger partial charge on any atom is 0.344 e. The van der Waals surface area contributed by atoms with Gasteiger partial charge in [-0.1, -0.05) is 91.3 Å². The van der Waals surface area contributed by atoms with E-state index in [1.54, 1.807) is 7.11 Å². The number of methoxy groups -OCH3 is 1. The van der Waals surface area contributed by atoms with Crippen LogP contribution in [-0.2, 0) is 17.3 Å². The number of hydrogen-bond donors (Lipinski definition) is 0. The molecule has 0 heterocycles. The van der Waals surface area contributed by atoms with Gasteiger partial charge in [-0.15, -0.1) is 0 Å². The summed E-state index contributed by atoms with van der Waals surface area (Å²) < 4.78 is 12.0. The van der Waals surface area contributed by atoms with E-state index in [2.05, 4.69) is 60.6 Å². The third-order valence-electron chi connectivity index (χ3n) is 6.13. The predicted octanol–water partition coefficient (Wildman–Crippen LogP) is 8.01. The highest BCUT2D eigenvalue weighted by Crippen LogP contribution is 2.43. The Morgan fingerprint density at radius 3 is 2.03 bits per heavy atom. The number of fused-ring (bicyclic) bond motifs is 1. The second-order valence-electron chi connectivity index (χ2n) is 10.9. The third kappa shape index (κ3) is 5.40. The van der Waals surface area contributed by atoms with Crippen molar-refractivity contribution in [1.82, 2.24) is 0 Å². The van der Waals surface area contributed by atoms with Gasteiger partial charge in [0.1, 0.15) is 11.5 Å². The molecule has 3 aromatic rings. The Bertz CT molecular complexity index is 1110. The number of esters is 1. The van der Waals surface area contributed by atoms with Gasteiger partial charge in [0.05, 0.1) is 12.7 Å². The SMILES string of the molecule is CCCCc1ccc2ccccc2c1C(=O)Oc1c(C(C)(C)C)cc(OC)cc1C(C)(C)C. The van der Waals surface area contributed by atoms with Gasteiger partial charge in [0.15, 0.2) is 0 Å². The van der Waals surface area contributed by atoms with Gasteiger partial charge in [0.25, 0.3) is 0 Å². The van der Waals surface area contributed by atoms with Crippen molar-refractivity contribution in [2.24, 2.45) is 0 Å². The smallest absolute Gasteiger partial charge is 0.344 e. The van der Waals surface area contributed by atoms with E-state index < -0.39 is 0 Å². The van der Waals surface area contributed by atoms with E-state index in [4.69, 9.17) is 9.47 Å². The molecule has 0 N–H and O–H groups in total. The zero-order valence-electron chi connectivity index (χ0n) is 21.5. The predicted molar refractivity (Wildman–Crippen MR) is 138 cm³/mol. The highest BCUT2D eigenvalue weighted by molar-refractivity contribution is 6.06. The van der Waals surface area contributed by atoms with Crippen molar-refractivity contribution >= 4 is 16.7 Å². The monoisotopic (exact) mass is 446 g/mol. The molecule has 3 rings (SSSR count). The molecule has 0 saturated carbocycles. The lowest BCUT2D eigenvalue weighted by molar-refractivity contribution is 0.0729. The first-order valence-corrected chi connectivity index (χ1v) is 11.9. The largest absolute Gasteiger partial charge is 0.497 e. The topological polar surface area (TPSA) is 35.5 Å². The first-order valence-electron chi connectivity index (χ1n) is 11.9. The molecule has 0 aliphatic carbocycles. The number of rotatable bonds is 6. The van der Waals surface area contributed by atoms with Crippen molar-refractivity contribution in [2.45, 2.75) is 78.6 Å². The fourth-order valence-corrected chi connectivity index (χ4v) is 4.22. The summed E-state index contributed by atoms with van der Waals surface area (Å²) in [6, 6.07) is 16.2. The molecular weight excluding hydrogens is 408 g/mol. The fraction of sp³-hybridized carbons (Fsp3) is 0.433. The highest BCUT2D eigenvalue weighted by atomic mass is 16.5. The molecule has 0 aliphatic heterocycles. The van der Waals surface area contributed by atoms with E-state index >= 15 is 0 Å². The van der Waals surface area contributed by atoms with Gasteiger partial charge in [0.2, 0.25) is 0 Å². The molecule has 0 aromatic heterocycles. The highest BCUT2D eigenvalue weighted by Gasteiger charge is 2.30. The van der Waals surface area contributed by atoms with E-state index in [0.29, 0.717) is 11.3 Å². The Morgan fingerprint density at radius 1 is 0.879 bits per heavy atom. The number of unbranched alkanes of at least 4 members (excludes halogenated alkanes) is 1. The average molecular weight is 447 g/mol. The molecule has 0 atom stereocenters. The Morgan fingerprint density at radius 2 is 1.48 bits per heavy atom. The summed E-state index contributed by atoms with van der Waals surface area (Å²) in [7, 11) is 1.68. The minimum atomic E-state index is -0.293. The van der Waals surface area contributed by atoms with Gasteiger partial charge < -0.3 is 9.47 Å². The van der Waals surface area contributed by atoms with Gasteiger partial charge in [-0.2, -0.15) is 0 Å². The number of carbonyl (C=O) groups excluding carboxylic acids is 1. The van der Waals surface area contributed by atoms with Crippen LogP contribution in [0.25, 0.3) is 10.8 Å². The second kappa shape index (κ2) is 9.59. The summed E-state index contributed by atoms with van der Waals surface area (Å²) in [5.41, 5.74) is 3.20. The first-order chi connectivity index (χ1) is 15.5. The van der Waals surface area contributed by atoms with E-state index in [1.165, 1.54) is 0 Å². The minimum absolute atomic E-state index is 0.228. The maximum atomic E-state index is 13.9. The van der Waals surface area contributed by atoms with Crippen LogP contribution < -0.4 is 9.47 Å². The van der Waals surface area contributed by atoms with Crippen LogP contribution in [0.2, 0.25) is 0 Å². The van der Waals surface area contributed by atoms with Crippen LogP contribution >= 0.6 is 0 Å². The molecule has 3 heteroatoms. The quantitative estimate of drug-likeness (QED) is 0.284. The summed E-state index contributed by atoms with van der Waals surface area (Å²) >= 11 is 0. The average Bonchev–Trinajstić information content (AvgIpc) is 2.75. The lowest BCUT2D eigenvalue weighted by Gasteiger charge is -2.30. The van der Waals surface area contributed by atoms with Crippen LogP contribution in [0.15, 0.2) is 48.5 Å². The zero-order chi connectivity index (χ0) is 24.4. The Kier molecular flexibility index (Phi) is 7.21. The summed E-state index contributed by atoms with van der Waals surface area (Å²) in [6.45, 7) is 15.0. The van der Waals surface area contributed by atoms with Crippen molar-refractivity contribution in [3.05, 3.63) is 70.8 Å². The van der Waals surface area contributed by atoms with Crippen molar-refractivity contribution in [1.29, 1.82) is 0 Å². The van der Waals surface area contributed by atoms with Crippen LogP contribution in [0.4, 0.5) is 0 Å². The molecule has 0 radical (unpaired) electrons. The van der Waals surface area contributed by atoms with Crippen LogP contribution in [-0.4, -0.2) is 13.1 Å².